The third kappa shape index (κ3) is 3.74. The second-order valence-electron chi connectivity index (χ2n) is 5.09. The Hall–Kier alpha value is -1.60. The van der Waals surface area contributed by atoms with Gasteiger partial charge in [0.2, 0.25) is 0 Å². The number of ether oxygens (including phenoxy) is 1. The smallest absolute Gasteiger partial charge is 0.370 e. The van der Waals surface area contributed by atoms with E-state index in [-0.39, 0.29) is 23.7 Å². The van der Waals surface area contributed by atoms with E-state index in [0.717, 1.165) is 12.1 Å². The first-order valence-electron chi connectivity index (χ1n) is 6.63. The van der Waals surface area contributed by atoms with Crippen LogP contribution in [-0.4, -0.2) is 42.6 Å². The Morgan fingerprint density at radius 1 is 1.33 bits per heavy atom. The number of alkyl halides is 3. The van der Waals surface area contributed by atoms with Gasteiger partial charge in [0, 0.05) is 25.2 Å². The van der Waals surface area contributed by atoms with E-state index < -0.39 is 11.7 Å². The molecule has 2 rings (SSSR count). The molecule has 116 valence electrons. The molecule has 0 radical (unpaired) electrons. The average molecular weight is 302 g/mol. The average Bonchev–Trinajstić information content (AvgIpc) is 2.45. The van der Waals surface area contributed by atoms with Crippen molar-refractivity contribution in [1.29, 1.82) is 0 Å². The van der Waals surface area contributed by atoms with Crippen LogP contribution in [0.5, 0.6) is 0 Å². The minimum atomic E-state index is -4.40. The Balaban J connectivity index is 2.12. The van der Waals surface area contributed by atoms with Crippen molar-refractivity contribution in [2.24, 2.45) is 5.73 Å². The van der Waals surface area contributed by atoms with Gasteiger partial charge in [-0.3, -0.25) is 4.79 Å². The van der Waals surface area contributed by atoms with Crippen LogP contribution in [0.2, 0.25) is 0 Å². The predicted octanol–water partition coefficient (Wildman–Crippen LogP) is 1.89. The number of hydrogen-bond acceptors (Lipinski definition) is 3. The quantitative estimate of drug-likeness (QED) is 0.907. The SMILES string of the molecule is CC1CN(C(=O)c2ccc(C(F)(F)F)cc2)CC(CN)O1. The highest BCUT2D eigenvalue weighted by Gasteiger charge is 2.31. The lowest BCUT2D eigenvalue weighted by Gasteiger charge is -2.36. The number of morpholine rings is 1. The second kappa shape index (κ2) is 6.03. The largest absolute Gasteiger partial charge is 0.416 e. The van der Waals surface area contributed by atoms with Crippen LogP contribution in [0.4, 0.5) is 13.2 Å². The van der Waals surface area contributed by atoms with Crippen molar-refractivity contribution in [3.8, 4) is 0 Å². The molecule has 1 aromatic carbocycles. The third-order valence-corrected chi connectivity index (χ3v) is 3.34. The van der Waals surface area contributed by atoms with Gasteiger partial charge in [0.05, 0.1) is 17.8 Å². The molecule has 0 aliphatic carbocycles. The topological polar surface area (TPSA) is 55.6 Å². The molecule has 1 heterocycles. The fourth-order valence-corrected chi connectivity index (χ4v) is 2.33. The summed E-state index contributed by atoms with van der Waals surface area (Å²) in [4.78, 5) is 13.9. The van der Waals surface area contributed by atoms with E-state index in [1.807, 2.05) is 6.92 Å². The molecule has 1 aliphatic heterocycles. The number of amides is 1. The zero-order chi connectivity index (χ0) is 15.6. The van der Waals surface area contributed by atoms with Crippen LogP contribution in [-0.2, 0) is 10.9 Å². The van der Waals surface area contributed by atoms with Gasteiger partial charge in [0.25, 0.3) is 5.91 Å². The zero-order valence-electron chi connectivity index (χ0n) is 11.6. The standard InChI is InChI=1S/C14H17F3N2O2/c1-9-7-19(8-12(6-18)21-9)13(20)10-2-4-11(5-3-10)14(15,16)17/h2-5,9,12H,6-8,18H2,1H3. The summed E-state index contributed by atoms with van der Waals surface area (Å²) < 4.78 is 43.0. The fraction of sp³-hybridized carbons (Fsp3) is 0.500. The highest BCUT2D eigenvalue weighted by molar-refractivity contribution is 5.94. The van der Waals surface area contributed by atoms with Crippen LogP contribution in [0.3, 0.4) is 0 Å². The molecule has 4 nitrogen and oxygen atoms in total. The Morgan fingerprint density at radius 3 is 2.48 bits per heavy atom. The van der Waals surface area contributed by atoms with Crippen molar-refractivity contribution in [3.63, 3.8) is 0 Å². The third-order valence-electron chi connectivity index (χ3n) is 3.34. The van der Waals surface area contributed by atoms with Crippen LogP contribution < -0.4 is 5.73 Å². The number of carbonyl (C=O) groups excluding carboxylic acids is 1. The number of rotatable bonds is 2. The van der Waals surface area contributed by atoms with Gasteiger partial charge in [-0.1, -0.05) is 0 Å². The van der Waals surface area contributed by atoms with Crippen molar-refractivity contribution in [3.05, 3.63) is 35.4 Å². The maximum absolute atomic E-state index is 12.5. The molecular formula is C14H17F3N2O2. The van der Waals surface area contributed by atoms with Crippen molar-refractivity contribution in [2.45, 2.75) is 25.3 Å². The van der Waals surface area contributed by atoms with Crippen LogP contribution in [0.1, 0.15) is 22.8 Å². The number of benzene rings is 1. The van der Waals surface area contributed by atoms with Crippen molar-refractivity contribution >= 4 is 5.91 Å². The number of nitrogens with zero attached hydrogens (tertiary/aromatic N) is 1. The summed E-state index contributed by atoms with van der Waals surface area (Å²) in [7, 11) is 0. The summed E-state index contributed by atoms with van der Waals surface area (Å²) in [6.45, 7) is 2.87. The predicted molar refractivity (Wildman–Crippen MR) is 70.7 cm³/mol. The van der Waals surface area contributed by atoms with Gasteiger partial charge in [-0.05, 0) is 31.2 Å². The van der Waals surface area contributed by atoms with E-state index in [2.05, 4.69) is 0 Å². The molecular weight excluding hydrogens is 285 g/mol. The molecule has 0 spiro atoms. The maximum atomic E-state index is 12.5. The van der Waals surface area contributed by atoms with E-state index in [1.54, 1.807) is 4.90 Å². The van der Waals surface area contributed by atoms with E-state index >= 15 is 0 Å². The van der Waals surface area contributed by atoms with Crippen LogP contribution in [0.15, 0.2) is 24.3 Å². The summed E-state index contributed by atoms with van der Waals surface area (Å²) in [5.41, 5.74) is 5.01. The van der Waals surface area contributed by atoms with Crippen LogP contribution in [0, 0.1) is 0 Å². The molecule has 2 atom stereocenters. The molecule has 2 N–H and O–H groups in total. The maximum Gasteiger partial charge on any atom is 0.416 e. The number of nitrogens with two attached hydrogens (primary N) is 1. The Bertz CT molecular complexity index is 502. The summed E-state index contributed by atoms with van der Waals surface area (Å²) in [6, 6.07) is 4.22. The monoisotopic (exact) mass is 302 g/mol. The van der Waals surface area contributed by atoms with E-state index in [9.17, 15) is 18.0 Å². The summed E-state index contributed by atoms with van der Waals surface area (Å²) in [5, 5.41) is 0. The lowest BCUT2D eigenvalue weighted by Crippen LogP contribution is -2.51. The first-order chi connectivity index (χ1) is 9.81. The first kappa shape index (κ1) is 15.8. The van der Waals surface area contributed by atoms with E-state index in [0.29, 0.717) is 19.6 Å². The lowest BCUT2D eigenvalue weighted by atomic mass is 10.1. The van der Waals surface area contributed by atoms with Crippen LogP contribution >= 0.6 is 0 Å². The number of carbonyl (C=O) groups is 1. The molecule has 1 fully saturated rings. The van der Waals surface area contributed by atoms with Crippen molar-refractivity contribution in [1.82, 2.24) is 4.90 Å². The van der Waals surface area contributed by atoms with E-state index in [1.165, 1.54) is 12.1 Å². The second-order valence-corrected chi connectivity index (χ2v) is 5.09. The van der Waals surface area contributed by atoms with Gasteiger partial charge in [-0.15, -0.1) is 0 Å². The van der Waals surface area contributed by atoms with Gasteiger partial charge in [0.1, 0.15) is 0 Å². The molecule has 21 heavy (non-hydrogen) atoms. The summed E-state index contributed by atoms with van der Waals surface area (Å²) >= 11 is 0. The molecule has 1 aromatic rings. The molecule has 0 bridgehead atoms. The molecule has 2 unspecified atom stereocenters. The minimum Gasteiger partial charge on any atom is -0.370 e. The number of halogens is 3. The van der Waals surface area contributed by atoms with Gasteiger partial charge in [0.15, 0.2) is 0 Å². The summed E-state index contributed by atoms with van der Waals surface area (Å²) in [5.74, 6) is -0.308. The summed E-state index contributed by atoms with van der Waals surface area (Å²) in [6.07, 6.45) is -4.79. The Morgan fingerprint density at radius 2 is 1.95 bits per heavy atom. The molecule has 7 heteroatoms. The Labute approximate surface area is 120 Å². The Kier molecular flexibility index (Phi) is 4.53. The normalized spacial score (nSPS) is 23.2. The fourth-order valence-electron chi connectivity index (χ4n) is 2.33. The van der Waals surface area contributed by atoms with Gasteiger partial charge >= 0.3 is 6.18 Å². The molecule has 0 saturated carbocycles. The first-order valence-corrected chi connectivity index (χ1v) is 6.63. The lowest BCUT2D eigenvalue weighted by molar-refractivity contribution is -0.137. The van der Waals surface area contributed by atoms with Gasteiger partial charge in [-0.25, -0.2) is 0 Å². The van der Waals surface area contributed by atoms with Crippen LogP contribution in [0.25, 0.3) is 0 Å². The minimum absolute atomic E-state index is 0.148. The highest BCUT2D eigenvalue weighted by atomic mass is 19.4. The molecule has 0 aromatic heterocycles. The van der Waals surface area contributed by atoms with Crippen molar-refractivity contribution < 1.29 is 22.7 Å². The molecule has 1 amide bonds. The zero-order valence-corrected chi connectivity index (χ0v) is 11.6. The van der Waals surface area contributed by atoms with E-state index in [4.69, 9.17) is 10.5 Å². The van der Waals surface area contributed by atoms with Gasteiger partial charge in [-0.2, -0.15) is 13.2 Å². The highest BCUT2D eigenvalue weighted by Crippen LogP contribution is 2.29. The van der Waals surface area contributed by atoms with Gasteiger partial charge < -0.3 is 15.4 Å². The molecule has 1 aliphatic rings. The number of hydrogen-bond donors (Lipinski definition) is 1. The van der Waals surface area contributed by atoms with Crippen molar-refractivity contribution in [2.75, 3.05) is 19.6 Å². The molecule has 1 saturated heterocycles.